The van der Waals surface area contributed by atoms with Crippen molar-refractivity contribution in [1.29, 1.82) is 0 Å². The van der Waals surface area contributed by atoms with Gasteiger partial charge in [-0.1, -0.05) is 0 Å². The molecule has 1 N–H and O–H groups in total. The van der Waals surface area contributed by atoms with E-state index in [2.05, 4.69) is 4.98 Å². The van der Waals surface area contributed by atoms with Crippen LogP contribution in [0.1, 0.15) is 34.2 Å². The molecule has 0 saturated carbocycles. The zero-order valence-electron chi connectivity index (χ0n) is 8.55. The first kappa shape index (κ1) is 10.4. The number of carbonyl (C=O) groups excluding carboxylic acids is 2. The highest BCUT2D eigenvalue weighted by atomic mass is 16.1. The average molecular weight is 191 g/mol. The van der Waals surface area contributed by atoms with Crippen LogP contribution >= 0.6 is 0 Å². The smallest absolute Gasteiger partial charge is 0.152 e. The van der Waals surface area contributed by atoms with Gasteiger partial charge in [-0.15, -0.1) is 0 Å². The number of nitrogens with one attached hydrogen (secondary N) is 1. The monoisotopic (exact) mass is 191 g/mol. The minimum atomic E-state index is -0.0277. The van der Waals surface area contributed by atoms with Gasteiger partial charge < -0.3 is 4.98 Å². The molecule has 0 aliphatic rings. The van der Waals surface area contributed by atoms with Crippen molar-refractivity contribution in [3.8, 4) is 0 Å². The third-order valence-corrected chi connectivity index (χ3v) is 2.08. The predicted molar refractivity (Wildman–Crippen MR) is 55.4 cm³/mol. The summed E-state index contributed by atoms with van der Waals surface area (Å²) in [5.74, 6) is -0.0277. The average Bonchev–Trinajstić information content (AvgIpc) is 2.36. The second kappa shape index (κ2) is 4.05. The van der Waals surface area contributed by atoms with Crippen LogP contribution < -0.4 is 0 Å². The maximum absolute atomic E-state index is 10.8. The zero-order valence-corrected chi connectivity index (χ0v) is 8.55. The molecule has 0 aliphatic heterocycles. The van der Waals surface area contributed by atoms with Crippen molar-refractivity contribution < 1.29 is 9.59 Å². The number of carbonyl (C=O) groups is 2. The van der Waals surface area contributed by atoms with Crippen molar-refractivity contribution in [3.05, 3.63) is 28.6 Å². The summed E-state index contributed by atoms with van der Waals surface area (Å²) in [5, 5.41) is 0. The molecule has 14 heavy (non-hydrogen) atoms. The SMILES string of the molecule is CC(=O)/C=C/c1c(C)[nH]c(C)c1C=O. The van der Waals surface area contributed by atoms with E-state index < -0.39 is 0 Å². The number of aldehydes is 1. The first-order chi connectivity index (χ1) is 6.56. The molecule has 0 saturated heterocycles. The minimum absolute atomic E-state index is 0.0277. The molecule has 0 unspecified atom stereocenters. The van der Waals surface area contributed by atoms with Crippen LogP contribution in [-0.2, 0) is 4.79 Å². The summed E-state index contributed by atoms with van der Waals surface area (Å²) in [6, 6.07) is 0. The number of ketones is 1. The Balaban J connectivity index is 3.18. The van der Waals surface area contributed by atoms with Crippen LogP contribution in [0.25, 0.3) is 6.08 Å². The Morgan fingerprint density at radius 3 is 2.29 bits per heavy atom. The van der Waals surface area contributed by atoms with E-state index in [0.29, 0.717) is 5.56 Å². The Hall–Kier alpha value is -1.64. The number of aryl methyl sites for hydroxylation is 2. The van der Waals surface area contributed by atoms with Gasteiger partial charge >= 0.3 is 0 Å². The standard InChI is InChI=1S/C11H13NO2/c1-7(14)4-5-10-8(2)12-9(3)11(10)6-13/h4-6,12H,1-3H3/b5-4+. The summed E-state index contributed by atoms with van der Waals surface area (Å²) < 4.78 is 0. The highest BCUT2D eigenvalue weighted by Crippen LogP contribution is 2.17. The van der Waals surface area contributed by atoms with Gasteiger partial charge in [0.2, 0.25) is 0 Å². The molecule has 1 aromatic heterocycles. The lowest BCUT2D eigenvalue weighted by molar-refractivity contribution is -0.112. The van der Waals surface area contributed by atoms with Crippen LogP contribution in [0.3, 0.4) is 0 Å². The van der Waals surface area contributed by atoms with Crippen molar-refractivity contribution in [2.24, 2.45) is 0 Å². The highest BCUT2D eigenvalue weighted by molar-refractivity contribution is 5.94. The van der Waals surface area contributed by atoms with Crippen LogP contribution in [0.15, 0.2) is 6.08 Å². The number of hydrogen-bond acceptors (Lipinski definition) is 2. The molecule has 1 aromatic rings. The second-order valence-corrected chi connectivity index (χ2v) is 3.26. The third kappa shape index (κ3) is 1.99. The highest BCUT2D eigenvalue weighted by Gasteiger charge is 2.08. The Morgan fingerprint density at radius 1 is 1.21 bits per heavy atom. The van der Waals surface area contributed by atoms with E-state index in [4.69, 9.17) is 0 Å². The van der Waals surface area contributed by atoms with Gasteiger partial charge in [-0.3, -0.25) is 9.59 Å². The molecule has 74 valence electrons. The summed E-state index contributed by atoms with van der Waals surface area (Å²) >= 11 is 0. The van der Waals surface area contributed by atoms with E-state index in [1.165, 1.54) is 13.0 Å². The maximum Gasteiger partial charge on any atom is 0.152 e. The molecule has 1 heterocycles. The van der Waals surface area contributed by atoms with Gasteiger partial charge in [-0.05, 0) is 32.9 Å². The number of aromatic nitrogens is 1. The summed E-state index contributed by atoms with van der Waals surface area (Å²) in [6.07, 6.45) is 3.94. The van der Waals surface area contributed by atoms with Crippen LogP contribution in [0.2, 0.25) is 0 Å². The van der Waals surface area contributed by atoms with E-state index in [0.717, 1.165) is 23.2 Å². The molecule has 0 aliphatic carbocycles. The first-order valence-electron chi connectivity index (χ1n) is 4.39. The Morgan fingerprint density at radius 2 is 1.79 bits per heavy atom. The van der Waals surface area contributed by atoms with Gasteiger partial charge in [0.05, 0.1) is 0 Å². The fourth-order valence-corrected chi connectivity index (χ4v) is 1.39. The molecule has 0 aromatic carbocycles. The van der Waals surface area contributed by atoms with Gasteiger partial charge in [0.1, 0.15) is 0 Å². The summed E-state index contributed by atoms with van der Waals surface area (Å²) in [4.78, 5) is 24.6. The Kier molecular flexibility index (Phi) is 3.02. The molecule has 0 fully saturated rings. The molecule has 0 bridgehead atoms. The number of aromatic amines is 1. The van der Waals surface area contributed by atoms with Crippen molar-refractivity contribution >= 4 is 18.1 Å². The zero-order chi connectivity index (χ0) is 10.7. The number of H-pyrrole nitrogens is 1. The Bertz CT molecular complexity index is 400. The molecule has 0 spiro atoms. The second-order valence-electron chi connectivity index (χ2n) is 3.26. The van der Waals surface area contributed by atoms with Crippen molar-refractivity contribution in [1.82, 2.24) is 4.98 Å². The van der Waals surface area contributed by atoms with E-state index in [1.807, 2.05) is 13.8 Å². The molecule has 1 rings (SSSR count). The molecule has 0 radical (unpaired) electrons. The van der Waals surface area contributed by atoms with E-state index >= 15 is 0 Å². The maximum atomic E-state index is 10.8. The first-order valence-corrected chi connectivity index (χ1v) is 4.39. The largest absolute Gasteiger partial charge is 0.362 e. The predicted octanol–water partition coefficient (Wildman–Crippen LogP) is 2.05. The van der Waals surface area contributed by atoms with E-state index in [9.17, 15) is 9.59 Å². The molecule has 3 heteroatoms. The minimum Gasteiger partial charge on any atom is -0.362 e. The van der Waals surface area contributed by atoms with Gasteiger partial charge in [0, 0.05) is 22.5 Å². The lowest BCUT2D eigenvalue weighted by Gasteiger charge is -1.91. The van der Waals surface area contributed by atoms with Crippen molar-refractivity contribution in [2.75, 3.05) is 0 Å². The Labute approximate surface area is 82.8 Å². The topological polar surface area (TPSA) is 49.9 Å². The van der Waals surface area contributed by atoms with Gasteiger partial charge in [0.15, 0.2) is 12.1 Å². The number of allylic oxidation sites excluding steroid dienone is 1. The van der Waals surface area contributed by atoms with E-state index in [-0.39, 0.29) is 5.78 Å². The fraction of sp³-hybridized carbons (Fsp3) is 0.273. The van der Waals surface area contributed by atoms with Gasteiger partial charge in [-0.25, -0.2) is 0 Å². The van der Waals surface area contributed by atoms with Crippen LogP contribution in [0, 0.1) is 13.8 Å². The number of rotatable bonds is 3. The molecule has 0 amide bonds. The molecule has 3 nitrogen and oxygen atoms in total. The van der Waals surface area contributed by atoms with Crippen LogP contribution in [0.5, 0.6) is 0 Å². The van der Waals surface area contributed by atoms with Crippen molar-refractivity contribution in [2.45, 2.75) is 20.8 Å². The lowest BCUT2D eigenvalue weighted by Crippen LogP contribution is -1.86. The molecular formula is C11H13NO2. The number of hydrogen-bond donors (Lipinski definition) is 1. The van der Waals surface area contributed by atoms with Crippen LogP contribution in [0.4, 0.5) is 0 Å². The normalized spacial score (nSPS) is 10.8. The van der Waals surface area contributed by atoms with Crippen molar-refractivity contribution in [3.63, 3.8) is 0 Å². The molecular weight excluding hydrogens is 178 g/mol. The van der Waals surface area contributed by atoms with E-state index in [1.54, 1.807) is 6.08 Å². The van der Waals surface area contributed by atoms with Crippen LogP contribution in [-0.4, -0.2) is 17.1 Å². The molecule has 0 atom stereocenters. The summed E-state index contributed by atoms with van der Waals surface area (Å²) in [7, 11) is 0. The third-order valence-electron chi connectivity index (χ3n) is 2.08. The lowest BCUT2D eigenvalue weighted by atomic mass is 10.1. The van der Waals surface area contributed by atoms with Gasteiger partial charge in [0.25, 0.3) is 0 Å². The van der Waals surface area contributed by atoms with Gasteiger partial charge in [-0.2, -0.15) is 0 Å². The quantitative estimate of drug-likeness (QED) is 0.587. The summed E-state index contributed by atoms with van der Waals surface area (Å²) in [5.41, 5.74) is 3.16. The fourth-order valence-electron chi connectivity index (χ4n) is 1.39. The summed E-state index contributed by atoms with van der Waals surface area (Å²) in [6.45, 7) is 5.19.